The van der Waals surface area contributed by atoms with Gasteiger partial charge in [-0.2, -0.15) is 0 Å². The minimum atomic E-state index is 0.611. The fourth-order valence-corrected chi connectivity index (χ4v) is 1.45. The van der Waals surface area contributed by atoms with Gasteiger partial charge in [0.15, 0.2) is 0 Å². The van der Waals surface area contributed by atoms with Crippen LogP contribution in [-0.4, -0.2) is 0 Å². The van der Waals surface area contributed by atoms with Crippen LogP contribution in [0.5, 0.6) is 0 Å². The van der Waals surface area contributed by atoms with E-state index in [0.717, 1.165) is 22.3 Å². The third kappa shape index (κ3) is 1.95. The highest BCUT2D eigenvalue weighted by atomic mass is 14.6. The maximum Gasteiger partial charge on any atom is 0.0317 e. The lowest BCUT2D eigenvalue weighted by atomic mass is 9.98. The molecular weight excluding hydrogens is 170 g/mol. The van der Waals surface area contributed by atoms with Crippen molar-refractivity contribution in [3.8, 4) is 0 Å². The van der Waals surface area contributed by atoms with Gasteiger partial charge in [0.2, 0.25) is 0 Å². The van der Waals surface area contributed by atoms with Crippen LogP contribution in [0.3, 0.4) is 0 Å². The molecule has 1 nitrogen and oxygen atoms in total. The number of nitrogens with two attached hydrogens (primary N) is 1. The van der Waals surface area contributed by atoms with E-state index in [0.29, 0.717) is 5.70 Å². The highest BCUT2D eigenvalue weighted by Crippen LogP contribution is 2.20. The molecule has 0 aliphatic rings. The molecule has 0 aliphatic carbocycles. The second-order valence-electron chi connectivity index (χ2n) is 3.40. The van der Waals surface area contributed by atoms with Crippen molar-refractivity contribution < 1.29 is 0 Å². The van der Waals surface area contributed by atoms with Gasteiger partial charge >= 0.3 is 0 Å². The van der Waals surface area contributed by atoms with Gasteiger partial charge in [0.25, 0.3) is 0 Å². The summed E-state index contributed by atoms with van der Waals surface area (Å²) in [6, 6.07) is 4.11. The van der Waals surface area contributed by atoms with Crippen LogP contribution >= 0.6 is 0 Å². The molecule has 1 rings (SSSR count). The van der Waals surface area contributed by atoms with Gasteiger partial charge in [0.1, 0.15) is 0 Å². The van der Waals surface area contributed by atoms with E-state index >= 15 is 0 Å². The summed E-state index contributed by atoms with van der Waals surface area (Å²) in [4.78, 5) is 0. The van der Waals surface area contributed by atoms with Crippen molar-refractivity contribution in [3.63, 3.8) is 0 Å². The minimum absolute atomic E-state index is 0.611. The lowest BCUT2D eigenvalue weighted by Crippen LogP contribution is -1.98. The molecule has 2 N–H and O–H groups in total. The van der Waals surface area contributed by atoms with E-state index in [2.05, 4.69) is 25.0 Å². The molecule has 0 radical (unpaired) electrons. The summed E-state index contributed by atoms with van der Waals surface area (Å²) in [7, 11) is 0. The van der Waals surface area contributed by atoms with Crippen LogP contribution in [0.4, 0.5) is 0 Å². The number of benzene rings is 1. The molecule has 1 aromatic carbocycles. The van der Waals surface area contributed by atoms with E-state index in [1.165, 1.54) is 0 Å². The zero-order chi connectivity index (χ0) is 10.7. The first-order valence-electron chi connectivity index (χ1n) is 4.48. The van der Waals surface area contributed by atoms with Gasteiger partial charge in [-0.05, 0) is 48.2 Å². The van der Waals surface area contributed by atoms with Gasteiger partial charge in [-0.15, -0.1) is 5.73 Å². The van der Waals surface area contributed by atoms with Crippen LogP contribution in [0.2, 0.25) is 0 Å². The van der Waals surface area contributed by atoms with Gasteiger partial charge < -0.3 is 5.73 Å². The molecule has 0 spiro atoms. The van der Waals surface area contributed by atoms with Crippen molar-refractivity contribution >= 4 is 11.8 Å². The highest BCUT2D eigenvalue weighted by Gasteiger charge is 2.03. The van der Waals surface area contributed by atoms with E-state index in [9.17, 15) is 0 Å². The molecule has 14 heavy (non-hydrogen) atoms. The Labute approximate surface area is 85.3 Å². The molecule has 1 heteroatoms. The van der Waals surface area contributed by atoms with Crippen LogP contribution in [-0.2, 0) is 0 Å². The number of hydrogen-bond acceptors (Lipinski definition) is 1. The monoisotopic (exact) mass is 185 g/mol. The van der Waals surface area contributed by atoms with E-state index in [-0.39, 0.29) is 0 Å². The number of rotatable bonds is 2. The summed E-state index contributed by atoms with van der Waals surface area (Å²) >= 11 is 0. The molecule has 0 atom stereocenters. The molecule has 0 unspecified atom stereocenters. The lowest BCUT2D eigenvalue weighted by molar-refractivity contribution is 1.33. The summed E-state index contributed by atoms with van der Waals surface area (Å²) in [6.07, 6.45) is 1.87. The van der Waals surface area contributed by atoms with Gasteiger partial charge in [-0.25, -0.2) is 0 Å². The summed E-state index contributed by atoms with van der Waals surface area (Å²) in [5, 5.41) is 0. The fourth-order valence-electron chi connectivity index (χ4n) is 1.45. The van der Waals surface area contributed by atoms with Crippen molar-refractivity contribution in [1.82, 2.24) is 0 Å². The zero-order valence-electron chi connectivity index (χ0n) is 8.72. The summed E-state index contributed by atoms with van der Waals surface area (Å²) in [5.41, 5.74) is 13.5. The van der Waals surface area contributed by atoms with Crippen molar-refractivity contribution in [3.05, 3.63) is 53.3 Å². The minimum Gasteiger partial charge on any atom is -0.399 e. The van der Waals surface area contributed by atoms with Gasteiger partial charge in [-0.3, -0.25) is 0 Å². The standard InChI is InChI=1S/C13H15N/c1-5-6-12-7-10(3)13(11(4)14)8-9(12)2/h6-8H,1,4,14H2,2-3H3. The first-order chi connectivity index (χ1) is 6.56. The van der Waals surface area contributed by atoms with E-state index in [4.69, 9.17) is 5.73 Å². The average molecular weight is 185 g/mol. The largest absolute Gasteiger partial charge is 0.399 e. The van der Waals surface area contributed by atoms with E-state index < -0.39 is 0 Å². The van der Waals surface area contributed by atoms with Crippen LogP contribution in [0.15, 0.2) is 31.0 Å². The first-order valence-corrected chi connectivity index (χ1v) is 4.48. The molecule has 0 aromatic heterocycles. The second kappa shape index (κ2) is 3.99. The Morgan fingerprint density at radius 2 is 2.00 bits per heavy atom. The van der Waals surface area contributed by atoms with Gasteiger partial charge in [0, 0.05) is 5.70 Å². The van der Waals surface area contributed by atoms with Crippen molar-refractivity contribution in [2.24, 2.45) is 5.73 Å². The Morgan fingerprint density at radius 3 is 2.50 bits per heavy atom. The molecule has 0 fully saturated rings. The van der Waals surface area contributed by atoms with Crippen molar-refractivity contribution in [2.75, 3.05) is 0 Å². The maximum absolute atomic E-state index is 5.67. The highest BCUT2D eigenvalue weighted by molar-refractivity contribution is 5.67. The summed E-state index contributed by atoms with van der Waals surface area (Å²) < 4.78 is 0. The zero-order valence-corrected chi connectivity index (χ0v) is 8.72. The summed E-state index contributed by atoms with van der Waals surface area (Å²) in [5.74, 6) is 0. The Hall–Kier alpha value is -1.72. The second-order valence-corrected chi connectivity index (χ2v) is 3.40. The Bertz CT molecular complexity index is 393. The quantitative estimate of drug-likeness (QED) is 0.704. The molecule has 1 aromatic rings. The molecule has 0 saturated carbocycles. The molecule has 0 heterocycles. The third-order valence-electron chi connectivity index (χ3n) is 2.22. The lowest BCUT2D eigenvalue weighted by Gasteiger charge is -2.08. The Kier molecular flexibility index (Phi) is 2.95. The predicted molar refractivity (Wildman–Crippen MR) is 62.7 cm³/mol. The van der Waals surface area contributed by atoms with E-state index in [1.807, 2.05) is 26.0 Å². The smallest absolute Gasteiger partial charge is 0.0317 e. The maximum atomic E-state index is 5.67. The molecule has 0 amide bonds. The number of hydrogen-bond donors (Lipinski definition) is 1. The van der Waals surface area contributed by atoms with Crippen molar-refractivity contribution in [1.29, 1.82) is 0 Å². The average Bonchev–Trinajstić information content (AvgIpc) is 2.10. The normalized spacial score (nSPS) is 9.29. The predicted octanol–water partition coefficient (Wildman–Crippen LogP) is 3.03. The molecule has 0 saturated heterocycles. The van der Waals surface area contributed by atoms with Crippen LogP contribution in [0.25, 0.3) is 11.8 Å². The molecular formula is C13H15N. The Balaban J connectivity index is 3.37. The van der Waals surface area contributed by atoms with E-state index in [1.54, 1.807) is 0 Å². The molecule has 0 bridgehead atoms. The van der Waals surface area contributed by atoms with Crippen molar-refractivity contribution in [2.45, 2.75) is 13.8 Å². The van der Waals surface area contributed by atoms with Crippen LogP contribution in [0, 0.1) is 13.8 Å². The Morgan fingerprint density at radius 1 is 1.36 bits per heavy atom. The van der Waals surface area contributed by atoms with Gasteiger partial charge in [-0.1, -0.05) is 19.2 Å². The molecule has 72 valence electrons. The summed E-state index contributed by atoms with van der Waals surface area (Å²) in [6.45, 7) is 11.4. The SMILES string of the molecule is C=C=Cc1cc(C)c(C(=C)N)cc1C. The van der Waals surface area contributed by atoms with Crippen LogP contribution < -0.4 is 5.73 Å². The first kappa shape index (κ1) is 10.4. The fraction of sp³-hybridized carbons (Fsp3) is 0.154. The van der Waals surface area contributed by atoms with Gasteiger partial charge in [0.05, 0.1) is 0 Å². The number of aryl methyl sites for hydroxylation is 2. The topological polar surface area (TPSA) is 26.0 Å². The molecule has 0 aliphatic heterocycles. The third-order valence-corrected chi connectivity index (χ3v) is 2.22. The van der Waals surface area contributed by atoms with Crippen LogP contribution in [0.1, 0.15) is 22.3 Å².